The number of benzene rings is 1. The minimum atomic E-state index is -0.918. The molecule has 0 spiro atoms. The first-order valence-corrected chi connectivity index (χ1v) is 13.1. The zero-order valence-electron chi connectivity index (χ0n) is 22.8. The van der Waals surface area contributed by atoms with Gasteiger partial charge in [-0.3, -0.25) is 14.4 Å². The van der Waals surface area contributed by atoms with Crippen molar-refractivity contribution in [3.05, 3.63) is 29.8 Å². The van der Waals surface area contributed by atoms with E-state index in [1.807, 2.05) is 39.0 Å². The summed E-state index contributed by atoms with van der Waals surface area (Å²) in [5.41, 5.74) is 0.747. The maximum Gasteiger partial charge on any atom is 0.407 e. The first kappa shape index (κ1) is 27.4. The van der Waals surface area contributed by atoms with E-state index in [0.29, 0.717) is 12.2 Å². The third-order valence-electron chi connectivity index (χ3n) is 8.27. The summed E-state index contributed by atoms with van der Waals surface area (Å²) in [6, 6.07) is 6.83. The van der Waals surface area contributed by atoms with Crippen LogP contribution in [0.5, 0.6) is 0 Å². The van der Waals surface area contributed by atoms with E-state index in [-0.39, 0.29) is 42.1 Å². The maximum absolute atomic E-state index is 13.8. The van der Waals surface area contributed by atoms with Crippen LogP contribution in [0.3, 0.4) is 0 Å². The van der Waals surface area contributed by atoms with Crippen molar-refractivity contribution in [2.75, 3.05) is 18.5 Å². The van der Waals surface area contributed by atoms with Crippen molar-refractivity contribution in [1.29, 1.82) is 5.26 Å². The SMILES string of the molecule is CCOC(=O)N[C@H](C(=O)N1C[C@H]2[C@@H]([C@H]1C(=O)N[C@H](C#N)CC1C(=O)Nc3ccccc31)C2(C)C)C(C)(C)C. The molecule has 1 aromatic rings. The van der Waals surface area contributed by atoms with Gasteiger partial charge in [-0.1, -0.05) is 52.8 Å². The van der Waals surface area contributed by atoms with Crippen LogP contribution in [0.25, 0.3) is 0 Å². The lowest BCUT2D eigenvalue weighted by atomic mass is 9.85. The highest BCUT2D eigenvalue weighted by Crippen LogP contribution is 2.65. The minimum Gasteiger partial charge on any atom is -0.450 e. The summed E-state index contributed by atoms with van der Waals surface area (Å²) in [5, 5.41) is 18.2. The Bertz CT molecular complexity index is 1180. The molecule has 0 aromatic heterocycles. The molecular weight excluding hydrogens is 486 g/mol. The summed E-state index contributed by atoms with van der Waals surface area (Å²) in [4.78, 5) is 53.8. The van der Waals surface area contributed by atoms with Gasteiger partial charge in [0.05, 0.1) is 18.6 Å². The Morgan fingerprint density at radius 1 is 1.24 bits per heavy atom. The number of rotatable bonds is 7. The highest BCUT2D eigenvalue weighted by molar-refractivity contribution is 6.03. The Morgan fingerprint density at radius 2 is 1.92 bits per heavy atom. The molecule has 1 saturated carbocycles. The molecule has 4 amide bonds. The van der Waals surface area contributed by atoms with Crippen molar-refractivity contribution >= 4 is 29.5 Å². The number of carbonyl (C=O) groups is 4. The molecule has 0 bridgehead atoms. The van der Waals surface area contributed by atoms with E-state index in [4.69, 9.17) is 4.74 Å². The predicted octanol–water partition coefficient (Wildman–Crippen LogP) is 2.76. The van der Waals surface area contributed by atoms with Gasteiger partial charge in [0.1, 0.15) is 18.1 Å². The minimum absolute atomic E-state index is 0.0653. The van der Waals surface area contributed by atoms with Crippen LogP contribution in [-0.2, 0) is 19.1 Å². The largest absolute Gasteiger partial charge is 0.450 e. The van der Waals surface area contributed by atoms with Gasteiger partial charge < -0.3 is 25.6 Å². The molecular formula is C28H37N5O5. The summed E-state index contributed by atoms with van der Waals surface area (Å²) < 4.78 is 5.01. The van der Waals surface area contributed by atoms with Crippen molar-refractivity contribution in [1.82, 2.24) is 15.5 Å². The molecule has 4 rings (SSSR count). The number of nitrogens with zero attached hydrogens (tertiary/aromatic N) is 2. The second-order valence-corrected chi connectivity index (χ2v) is 12.1. The molecule has 38 heavy (non-hydrogen) atoms. The van der Waals surface area contributed by atoms with Crippen LogP contribution in [0.1, 0.15) is 59.4 Å². The molecule has 3 aliphatic rings. The number of hydrogen-bond donors (Lipinski definition) is 3. The summed E-state index contributed by atoms with van der Waals surface area (Å²) in [6.07, 6.45) is -0.565. The molecule has 0 radical (unpaired) electrons. The van der Waals surface area contributed by atoms with Crippen LogP contribution in [-0.4, -0.2) is 60.0 Å². The van der Waals surface area contributed by atoms with Crippen molar-refractivity contribution < 1.29 is 23.9 Å². The topological polar surface area (TPSA) is 141 Å². The first-order valence-electron chi connectivity index (χ1n) is 13.1. The molecule has 2 heterocycles. The number of fused-ring (bicyclic) bond motifs is 2. The van der Waals surface area contributed by atoms with Crippen molar-refractivity contribution in [2.24, 2.45) is 22.7 Å². The molecule has 10 heteroatoms. The fourth-order valence-electron chi connectivity index (χ4n) is 6.06. The summed E-state index contributed by atoms with van der Waals surface area (Å²) in [7, 11) is 0. The van der Waals surface area contributed by atoms with Gasteiger partial charge in [0.15, 0.2) is 0 Å². The van der Waals surface area contributed by atoms with Crippen LogP contribution in [0.15, 0.2) is 24.3 Å². The third kappa shape index (κ3) is 4.94. The third-order valence-corrected chi connectivity index (χ3v) is 8.27. The van der Waals surface area contributed by atoms with E-state index in [0.717, 1.165) is 5.56 Å². The number of likely N-dealkylation sites (tertiary alicyclic amines) is 1. The van der Waals surface area contributed by atoms with E-state index in [1.54, 1.807) is 17.9 Å². The lowest BCUT2D eigenvalue weighted by Gasteiger charge is -2.37. The number of nitrogens with one attached hydrogen (secondary N) is 3. The number of para-hydroxylation sites is 1. The monoisotopic (exact) mass is 523 g/mol. The van der Waals surface area contributed by atoms with E-state index < -0.39 is 41.5 Å². The van der Waals surface area contributed by atoms with E-state index in [2.05, 4.69) is 35.9 Å². The Morgan fingerprint density at radius 3 is 2.55 bits per heavy atom. The maximum atomic E-state index is 13.8. The highest BCUT2D eigenvalue weighted by Gasteiger charge is 2.69. The smallest absolute Gasteiger partial charge is 0.407 e. The molecule has 3 N–H and O–H groups in total. The van der Waals surface area contributed by atoms with E-state index in [1.165, 1.54) is 0 Å². The summed E-state index contributed by atoms with van der Waals surface area (Å²) in [6.45, 7) is 11.9. The number of anilines is 1. The van der Waals surface area contributed by atoms with Gasteiger partial charge in [0, 0.05) is 12.2 Å². The van der Waals surface area contributed by atoms with Gasteiger partial charge in [0.2, 0.25) is 17.7 Å². The average Bonchev–Trinajstić information content (AvgIpc) is 3.16. The molecule has 1 unspecified atom stereocenters. The van der Waals surface area contributed by atoms with E-state index in [9.17, 15) is 24.4 Å². The number of piperidine rings is 1. The highest BCUT2D eigenvalue weighted by atomic mass is 16.5. The van der Waals surface area contributed by atoms with Crippen molar-refractivity contribution in [3.8, 4) is 6.07 Å². The second-order valence-electron chi connectivity index (χ2n) is 12.1. The predicted molar refractivity (Wildman–Crippen MR) is 140 cm³/mol. The van der Waals surface area contributed by atoms with Gasteiger partial charge in [-0.05, 0) is 47.6 Å². The van der Waals surface area contributed by atoms with Crippen molar-refractivity contribution in [3.63, 3.8) is 0 Å². The zero-order chi connectivity index (χ0) is 28.0. The number of ether oxygens (including phenoxy) is 1. The average molecular weight is 524 g/mol. The number of alkyl carbamates (subject to hydrolysis) is 1. The zero-order valence-corrected chi connectivity index (χ0v) is 22.8. The van der Waals surface area contributed by atoms with Gasteiger partial charge >= 0.3 is 6.09 Å². The molecule has 10 nitrogen and oxygen atoms in total. The quantitative estimate of drug-likeness (QED) is 0.502. The Balaban J connectivity index is 1.53. The molecule has 1 saturated heterocycles. The Kier molecular flexibility index (Phi) is 7.17. The lowest BCUT2D eigenvalue weighted by molar-refractivity contribution is -0.144. The van der Waals surface area contributed by atoms with Gasteiger partial charge in [-0.15, -0.1) is 0 Å². The number of carbonyl (C=O) groups excluding carboxylic acids is 4. The molecule has 1 aromatic carbocycles. The van der Waals surface area contributed by atoms with Gasteiger partial charge in [-0.25, -0.2) is 4.79 Å². The molecule has 204 valence electrons. The van der Waals surface area contributed by atoms with Crippen molar-refractivity contribution in [2.45, 2.75) is 72.0 Å². The Labute approximate surface area is 223 Å². The van der Waals surface area contributed by atoms with Gasteiger partial charge in [-0.2, -0.15) is 5.26 Å². The van der Waals surface area contributed by atoms with Crippen LogP contribution < -0.4 is 16.0 Å². The van der Waals surface area contributed by atoms with Gasteiger partial charge in [0.25, 0.3) is 0 Å². The fourth-order valence-corrected chi connectivity index (χ4v) is 6.06. The molecule has 2 aliphatic heterocycles. The molecule has 6 atom stereocenters. The summed E-state index contributed by atoms with van der Waals surface area (Å²) >= 11 is 0. The normalized spacial score (nSPS) is 26.2. The first-order chi connectivity index (χ1) is 17.8. The Hall–Kier alpha value is -3.61. The van der Waals surface area contributed by atoms with Crippen LogP contribution >= 0.6 is 0 Å². The van der Waals surface area contributed by atoms with Crippen LogP contribution in [0.4, 0.5) is 10.5 Å². The fraction of sp³-hybridized carbons (Fsp3) is 0.607. The molecule has 1 aliphatic carbocycles. The summed E-state index contributed by atoms with van der Waals surface area (Å²) in [5.74, 6) is -1.46. The standard InChI is InChI=1S/C28H37N5O5/c1-7-38-26(37)32-22(27(2,3)4)25(36)33-14-18-20(28(18,5)6)21(33)24(35)30-15(13-29)12-17-16-10-8-9-11-19(16)31-23(17)34/h8-11,15,17-18,20-22H,7,12,14H2,1-6H3,(H,30,35)(H,31,34)(H,32,37)/t15-,17?,18-,20-,21-,22+/m0/s1. The van der Waals surface area contributed by atoms with Crippen LogP contribution in [0, 0.1) is 34.0 Å². The number of nitriles is 1. The second kappa shape index (κ2) is 9.93. The molecule has 2 fully saturated rings. The van der Waals surface area contributed by atoms with E-state index >= 15 is 0 Å². The van der Waals surface area contributed by atoms with Crippen LogP contribution in [0.2, 0.25) is 0 Å². The lowest BCUT2D eigenvalue weighted by Crippen LogP contribution is -2.59. The number of amides is 4. The number of hydrogen-bond acceptors (Lipinski definition) is 6.